The van der Waals surface area contributed by atoms with Crippen LogP contribution in [-0.2, 0) is 6.42 Å². The third-order valence-corrected chi connectivity index (χ3v) is 3.42. The highest BCUT2D eigenvalue weighted by Crippen LogP contribution is 2.18. The van der Waals surface area contributed by atoms with Crippen molar-refractivity contribution in [1.29, 1.82) is 0 Å². The lowest BCUT2D eigenvalue weighted by Gasteiger charge is -2.16. The molecule has 0 radical (unpaired) electrons. The molecule has 0 amide bonds. The molecule has 1 heterocycles. The smallest absolute Gasteiger partial charge is 0.231 e. The molecule has 1 aromatic carbocycles. The summed E-state index contributed by atoms with van der Waals surface area (Å²) >= 11 is 0. The summed E-state index contributed by atoms with van der Waals surface area (Å²) in [6.45, 7) is 7.12. The predicted octanol–water partition coefficient (Wildman–Crippen LogP) is 2.90. The van der Waals surface area contributed by atoms with Crippen molar-refractivity contribution in [2.75, 3.05) is 6.54 Å². The molecule has 1 N–H and O–H groups in total. The molecule has 1 aromatic heterocycles. The Morgan fingerprint density at radius 3 is 2.60 bits per heavy atom. The van der Waals surface area contributed by atoms with E-state index in [1.807, 2.05) is 0 Å². The minimum atomic E-state index is -0.240. The number of nitrogens with zero attached hydrogens (tertiary/aromatic N) is 2. The Hall–Kier alpha value is -1.75. The van der Waals surface area contributed by atoms with Crippen LogP contribution < -0.4 is 5.32 Å². The van der Waals surface area contributed by atoms with E-state index in [1.54, 1.807) is 12.1 Å². The van der Waals surface area contributed by atoms with Crippen LogP contribution in [0.15, 0.2) is 28.8 Å². The highest BCUT2D eigenvalue weighted by molar-refractivity contribution is 5.19. The van der Waals surface area contributed by atoms with Crippen molar-refractivity contribution in [2.24, 2.45) is 0 Å². The fraction of sp³-hybridized carbons (Fsp3) is 0.467. The fourth-order valence-corrected chi connectivity index (χ4v) is 2.02. The van der Waals surface area contributed by atoms with Crippen molar-refractivity contribution in [3.63, 3.8) is 0 Å². The van der Waals surface area contributed by atoms with E-state index in [2.05, 4.69) is 36.2 Å². The molecule has 0 saturated heterocycles. The highest BCUT2D eigenvalue weighted by atomic mass is 19.1. The van der Waals surface area contributed by atoms with Crippen LogP contribution in [0.5, 0.6) is 0 Å². The van der Waals surface area contributed by atoms with E-state index in [1.165, 1.54) is 12.1 Å². The zero-order valence-corrected chi connectivity index (χ0v) is 12.1. The maximum atomic E-state index is 12.8. The molecule has 5 heteroatoms. The minimum absolute atomic E-state index is 0.157. The third kappa shape index (κ3) is 3.63. The van der Waals surface area contributed by atoms with Gasteiger partial charge in [0.1, 0.15) is 5.82 Å². The van der Waals surface area contributed by atoms with Crippen molar-refractivity contribution < 1.29 is 8.91 Å². The molecule has 0 saturated carbocycles. The topological polar surface area (TPSA) is 51.0 Å². The molecular formula is C15H20FN3O. The monoisotopic (exact) mass is 277 g/mol. The van der Waals surface area contributed by atoms with Gasteiger partial charge in [-0.05, 0) is 31.2 Å². The van der Waals surface area contributed by atoms with Crippen LogP contribution in [0, 0.1) is 5.82 Å². The van der Waals surface area contributed by atoms with Gasteiger partial charge in [0.25, 0.3) is 0 Å². The molecule has 0 bridgehead atoms. The van der Waals surface area contributed by atoms with Gasteiger partial charge in [0.05, 0.1) is 5.92 Å². The molecule has 0 aliphatic carbocycles. The SMILES string of the molecule is CCNC(C)C(C)c1nc(Cc2ccc(F)cc2)no1. The maximum absolute atomic E-state index is 12.8. The fourth-order valence-electron chi connectivity index (χ4n) is 2.02. The first-order chi connectivity index (χ1) is 9.60. The minimum Gasteiger partial charge on any atom is -0.339 e. The second kappa shape index (κ2) is 6.61. The van der Waals surface area contributed by atoms with Crippen molar-refractivity contribution >= 4 is 0 Å². The van der Waals surface area contributed by atoms with Gasteiger partial charge >= 0.3 is 0 Å². The summed E-state index contributed by atoms with van der Waals surface area (Å²) in [5.74, 6) is 1.18. The summed E-state index contributed by atoms with van der Waals surface area (Å²) in [5, 5.41) is 7.33. The van der Waals surface area contributed by atoms with E-state index < -0.39 is 0 Å². The molecule has 2 rings (SSSR count). The van der Waals surface area contributed by atoms with E-state index in [0.29, 0.717) is 18.1 Å². The summed E-state index contributed by atoms with van der Waals surface area (Å²) < 4.78 is 18.2. The Bertz CT molecular complexity index is 538. The van der Waals surface area contributed by atoms with Gasteiger partial charge in [-0.2, -0.15) is 4.98 Å². The first-order valence-corrected chi connectivity index (χ1v) is 6.90. The molecule has 20 heavy (non-hydrogen) atoms. The van der Waals surface area contributed by atoms with Crippen molar-refractivity contribution in [3.8, 4) is 0 Å². The van der Waals surface area contributed by atoms with Gasteiger partial charge in [-0.15, -0.1) is 0 Å². The maximum Gasteiger partial charge on any atom is 0.231 e. The van der Waals surface area contributed by atoms with E-state index in [9.17, 15) is 4.39 Å². The van der Waals surface area contributed by atoms with Crippen molar-refractivity contribution in [1.82, 2.24) is 15.5 Å². The molecule has 0 aliphatic heterocycles. The standard InChI is InChI=1S/C15H20FN3O/c1-4-17-11(3)10(2)15-18-14(19-20-15)9-12-5-7-13(16)8-6-12/h5-8,10-11,17H,4,9H2,1-3H3. The Morgan fingerprint density at radius 1 is 1.25 bits per heavy atom. The second-order valence-electron chi connectivity index (χ2n) is 4.99. The summed E-state index contributed by atoms with van der Waals surface area (Å²) in [6, 6.07) is 6.61. The molecule has 0 fully saturated rings. The Morgan fingerprint density at radius 2 is 1.95 bits per heavy atom. The lowest BCUT2D eigenvalue weighted by Crippen LogP contribution is -2.30. The number of hydrogen-bond acceptors (Lipinski definition) is 4. The van der Waals surface area contributed by atoms with E-state index in [4.69, 9.17) is 4.52 Å². The number of benzene rings is 1. The molecular weight excluding hydrogens is 257 g/mol. The average Bonchev–Trinajstić information content (AvgIpc) is 2.89. The molecule has 0 spiro atoms. The molecule has 0 aliphatic rings. The molecule has 2 unspecified atom stereocenters. The predicted molar refractivity (Wildman–Crippen MR) is 75.1 cm³/mol. The van der Waals surface area contributed by atoms with Gasteiger partial charge in [-0.3, -0.25) is 0 Å². The highest BCUT2D eigenvalue weighted by Gasteiger charge is 2.20. The first-order valence-electron chi connectivity index (χ1n) is 6.90. The number of likely N-dealkylation sites (N-methyl/N-ethyl adjacent to an activating group) is 1. The zero-order valence-electron chi connectivity index (χ0n) is 12.1. The summed E-state index contributed by atoms with van der Waals surface area (Å²) in [4.78, 5) is 4.42. The van der Waals surface area contributed by atoms with Crippen LogP contribution in [0.1, 0.15) is 44.0 Å². The normalized spacial score (nSPS) is 14.2. The van der Waals surface area contributed by atoms with Gasteiger partial charge < -0.3 is 9.84 Å². The van der Waals surface area contributed by atoms with Crippen molar-refractivity contribution in [3.05, 3.63) is 47.4 Å². The van der Waals surface area contributed by atoms with Gasteiger partial charge in [-0.25, -0.2) is 4.39 Å². The number of halogens is 1. The van der Waals surface area contributed by atoms with Gasteiger partial charge in [-0.1, -0.05) is 31.1 Å². The molecule has 2 aromatic rings. The molecule has 2 atom stereocenters. The third-order valence-electron chi connectivity index (χ3n) is 3.42. The van der Waals surface area contributed by atoms with Crippen LogP contribution in [-0.4, -0.2) is 22.7 Å². The number of rotatable bonds is 6. The number of hydrogen-bond donors (Lipinski definition) is 1. The van der Waals surface area contributed by atoms with Gasteiger partial charge in [0, 0.05) is 12.5 Å². The first kappa shape index (κ1) is 14.7. The number of aromatic nitrogens is 2. The summed E-state index contributed by atoms with van der Waals surface area (Å²) in [7, 11) is 0. The van der Waals surface area contributed by atoms with E-state index in [-0.39, 0.29) is 17.8 Å². The van der Waals surface area contributed by atoms with Crippen LogP contribution in [0.3, 0.4) is 0 Å². The van der Waals surface area contributed by atoms with Crippen LogP contribution in [0.4, 0.5) is 4.39 Å². The van der Waals surface area contributed by atoms with Crippen LogP contribution in [0.25, 0.3) is 0 Å². The van der Waals surface area contributed by atoms with Crippen molar-refractivity contribution in [2.45, 2.75) is 39.2 Å². The number of nitrogens with one attached hydrogen (secondary N) is 1. The Labute approximate surface area is 118 Å². The van der Waals surface area contributed by atoms with Crippen LogP contribution in [0.2, 0.25) is 0 Å². The second-order valence-corrected chi connectivity index (χ2v) is 4.99. The molecule has 4 nitrogen and oxygen atoms in total. The lowest BCUT2D eigenvalue weighted by atomic mass is 10.0. The summed E-state index contributed by atoms with van der Waals surface area (Å²) in [5.41, 5.74) is 0.964. The van der Waals surface area contributed by atoms with E-state index >= 15 is 0 Å². The van der Waals surface area contributed by atoms with E-state index in [0.717, 1.165) is 12.1 Å². The largest absolute Gasteiger partial charge is 0.339 e. The van der Waals surface area contributed by atoms with Gasteiger partial charge in [0.2, 0.25) is 5.89 Å². The zero-order chi connectivity index (χ0) is 14.5. The Kier molecular flexibility index (Phi) is 4.84. The Balaban J connectivity index is 2.03. The van der Waals surface area contributed by atoms with Crippen LogP contribution >= 0.6 is 0 Å². The van der Waals surface area contributed by atoms with Gasteiger partial charge in [0.15, 0.2) is 5.82 Å². The quantitative estimate of drug-likeness (QED) is 0.882. The summed E-state index contributed by atoms with van der Waals surface area (Å²) in [6.07, 6.45) is 0.548. The molecule has 108 valence electrons. The average molecular weight is 277 g/mol. The lowest BCUT2D eigenvalue weighted by molar-refractivity contribution is 0.330.